The summed E-state index contributed by atoms with van der Waals surface area (Å²) in [7, 11) is 0. The zero-order valence-corrected chi connectivity index (χ0v) is 14.1. The van der Waals surface area contributed by atoms with E-state index in [1.807, 2.05) is 0 Å². The molecule has 120 valence electrons. The molecule has 2 rings (SSSR count). The molecule has 0 saturated heterocycles. The van der Waals surface area contributed by atoms with E-state index in [4.69, 9.17) is 4.74 Å². The fraction of sp³-hybridized carbons (Fsp3) is 0.500. The lowest BCUT2D eigenvalue weighted by Crippen LogP contribution is -2.42. The van der Waals surface area contributed by atoms with Gasteiger partial charge in [0.1, 0.15) is 11.3 Å². The Balaban J connectivity index is 1.85. The van der Waals surface area contributed by atoms with Crippen molar-refractivity contribution in [2.75, 3.05) is 6.61 Å². The van der Waals surface area contributed by atoms with E-state index in [0.717, 1.165) is 19.3 Å². The minimum Gasteiger partial charge on any atom is -0.507 e. The van der Waals surface area contributed by atoms with E-state index in [0.29, 0.717) is 10.4 Å². The third-order valence-electron chi connectivity index (χ3n) is 3.97. The van der Waals surface area contributed by atoms with Crippen molar-refractivity contribution in [3.8, 4) is 5.75 Å². The van der Waals surface area contributed by atoms with Crippen LogP contribution in [-0.4, -0.2) is 29.6 Å². The van der Waals surface area contributed by atoms with Gasteiger partial charge in [-0.25, -0.2) is 4.79 Å². The number of phenols is 1. The number of amides is 1. The van der Waals surface area contributed by atoms with Crippen LogP contribution in [0.3, 0.4) is 0 Å². The van der Waals surface area contributed by atoms with Gasteiger partial charge < -0.3 is 15.2 Å². The van der Waals surface area contributed by atoms with E-state index in [2.05, 4.69) is 28.2 Å². The SMILES string of the molecule is C[C@@H]1CCCC[C@@H]1NC(=O)COC(=O)c1cc(Br)ccc1O. The summed E-state index contributed by atoms with van der Waals surface area (Å²) in [5, 5.41) is 12.6. The van der Waals surface area contributed by atoms with Gasteiger partial charge in [0.25, 0.3) is 5.91 Å². The van der Waals surface area contributed by atoms with Gasteiger partial charge in [-0.15, -0.1) is 0 Å². The molecule has 1 fully saturated rings. The van der Waals surface area contributed by atoms with Gasteiger partial charge in [0.2, 0.25) is 0 Å². The quantitative estimate of drug-likeness (QED) is 0.799. The summed E-state index contributed by atoms with van der Waals surface area (Å²) >= 11 is 3.22. The smallest absolute Gasteiger partial charge is 0.342 e. The molecule has 5 nitrogen and oxygen atoms in total. The van der Waals surface area contributed by atoms with Gasteiger partial charge in [-0.05, 0) is 37.0 Å². The van der Waals surface area contributed by atoms with Crippen molar-refractivity contribution in [2.24, 2.45) is 5.92 Å². The molecule has 0 aromatic heterocycles. The Morgan fingerprint density at radius 1 is 1.36 bits per heavy atom. The van der Waals surface area contributed by atoms with E-state index >= 15 is 0 Å². The molecule has 2 N–H and O–H groups in total. The molecule has 0 bridgehead atoms. The number of phenolic OH excluding ortho intramolecular Hbond substituents is 1. The van der Waals surface area contributed by atoms with E-state index in [-0.39, 0.29) is 29.9 Å². The number of hydrogen-bond donors (Lipinski definition) is 2. The zero-order valence-electron chi connectivity index (χ0n) is 12.5. The molecule has 0 radical (unpaired) electrons. The van der Waals surface area contributed by atoms with Crippen molar-refractivity contribution in [1.82, 2.24) is 5.32 Å². The average Bonchev–Trinajstić information content (AvgIpc) is 2.49. The van der Waals surface area contributed by atoms with Crippen molar-refractivity contribution in [3.63, 3.8) is 0 Å². The lowest BCUT2D eigenvalue weighted by molar-refractivity contribution is -0.125. The highest BCUT2D eigenvalue weighted by molar-refractivity contribution is 9.10. The molecule has 1 aromatic rings. The molecule has 1 aliphatic carbocycles. The molecule has 1 saturated carbocycles. The van der Waals surface area contributed by atoms with Crippen molar-refractivity contribution in [2.45, 2.75) is 38.6 Å². The molecular formula is C16H20BrNO4. The van der Waals surface area contributed by atoms with Crippen molar-refractivity contribution in [1.29, 1.82) is 0 Å². The zero-order chi connectivity index (χ0) is 16.1. The predicted octanol–water partition coefficient (Wildman–Crippen LogP) is 3.01. The van der Waals surface area contributed by atoms with Crippen LogP contribution in [0.2, 0.25) is 0 Å². The van der Waals surface area contributed by atoms with Gasteiger partial charge in [0, 0.05) is 10.5 Å². The van der Waals surface area contributed by atoms with Crippen LogP contribution >= 0.6 is 15.9 Å². The van der Waals surface area contributed by atoms with E-state index in [1.165, 1.54) is 18.6 Å². The summed E-state index contributed by atoms with van der Waals surface area (Å²) in [5.74, 6) is -0.746. The van der Waals surface area contributed by atoms with Crippen molar-refractivity contribution < 1.29 is 19.4 Å². The second-order valence-corrected chi connectivity index (χ2v) is 6.59. The summed E-state index contributed by atoms with van der Waals surface area (Å²) in [4.78, 5) is 23.8. The average molecular weight is 370 g/mol. The third-order valence-corrected chi connectivity index (χ3v) is 4.46. The molecule has 0 spiro atoms. The van der Waals surface area contributed by atoms with Gasteiger partial charge >= 0.3 is 5.97 Å². The van der Waals surface area contributed by atoms with Crippen LogP contribution in [0.1, 0.15) is 43.0 Å². The summed E-state index contributed by atoms with van der Waals surface area (Å²) in [6.07, 6.45) is 4.38. The van der Waals surface area contributed by atoms with E-state index in [1.54, 1.807) is 6.07 Å². The molecule has 0 heterocycles. The minimum atomic E-state index is -0.717. The molecule has 1 aliphatic rings. The molecule has 6 heteroatoms. The number of benzene rings is 1. The summed E-state index contributed by atoms with van der Waals surface area (Å²) < 4.78 is 5.62. The number of carbonyl (C=O) groups is 2. The van der Waals surface area contributed by atoms with Gasteiger partial charge in [0.15, 0.2) is 6.61 Å². The lowest BCUT2D eigenvalue weighted by atomic mass is 9.86. The predicted molar refractivity (Wildman–Crippen MR) is 85.7 cm³/mol. The lowest BCUT2D eigenvalue weighted by Gasteiger charge is -2.29. The number of halogens is 1. The monoisotopic (exact) mass is 369 g/mol. The van der Waals surface area contributed by atoms with Crippen LogP contribution in [0, 0.1) is 5.92 Å². The molecule has 22 heavy (non-hydrogen) atoms. The van der Waals surface area contributed by atoms with Crippen LogP contribution in [0.15, 0.2) is 22.7 Å². The fourth-order valence-electron chi connectivity index (χ4n) is 2.66. The topological polar surface area (TPSA) is 75.6 Å². The minimum absolute atomic E-state index is 0.0354. The molecule has 0 aliphatic heterocycles. The largest absolute Gasteiger partial charge is 0.507 e. The van der Waals surface area contributed by atoms with Crippen LogP contribution in [0.25, 0.3) is 0 Å². The highest BCUT2D eigenvalue weighted by Crippen LogP contribution is 2.24. The van der Waals surface area contributed by atoms with Gasteiger partial charge in [-0.1, -0.05) is 35.7 Å². The van der Waals surface area contributed by atoms with E-state index < -0.39 is 5.97 Å². The maximum atomic E-state index is 11.9. The number of esters is 1. The van der Waals surface area contributed by atoms with Gasteiger partial charge in [0.05, 0.1) is 0 Å². The Kier molecular flexibility index (Phi) is 5.83. The number of nitrogens with one attached hydrogen (secondary N) is 1. The van der Waals surface area contributed by atoms with Crippen molar-refractivity contribution in [3.05, 3.63) is 28.2 Å². The Morgan fingerprint density at radius 3 is 2.82 bits per heavy atom. The number of ether oxygens (including phenoxy) is 1. The highest BCUT2D eigenvalue weighted by atomic mass is 79.9. The third kappa shape index (κ3) is 4.47. The van der Waals surface area contributed by atoms with Gasteiger partial charge in [-0.3, -0.25) is 4.79 Å². The van der Waals surface area contributed by atoms with Crippen LogP contribution in [-0.2, 0) is 9.53 Å². The number of hydrogen-bond acceptors (Lipinski definition) is 4. The first-order valence-corrected chi connectivity index (χ1v) is 8.21. The fourth-order valence-corrected chi connectivity index (χ4v) is 3.02. The summed E-state index contributed by atoms with van der Waals surface area (Å²) in [5.41, 5.74) is 0.0354. The molecule has 0 unspecified atom stereocenters. The van der Waals surface area contributed by atoms with Crippen LogP contribution in [0.5, 0.6) is 5.75 Å². The van der Waals surface area contributed by atoms with E-state index in [9.17, 15) is 14.7 Å². The Hall–Kier alpha value is -1.56. The number of rotatable bonds is 4. The Bertz CT molecular complexity index is 561. The van der Waals surface area contributed by atoms with Crippen LogP contribution < -0.4 is 5.32 Å². The highest BCUT2D eigenvalue weighted by Gasteiger charge is 2.23. The standard InChI is InChI=1S/C16H20BrNO4/c1-10-4-2-3-5-13(10)18-15(20)9-22-16(21)12-8-11(17)6-7-14(12)19/h6-8,10,13,19H,2-5,9H2,1H3,(H,18,20)/t10-,13+/m1/s1. The van der Waals surface area contributed by atoms with Crippen LogP contribution in [0.4, 0.5) is 0 Å². The maximum Gasteiger partial charge on any atom is 0.342 e. The first-order valence-electron chi connectivity index (χ1n) is 7.42. The molecular weight excluding hydrogens is 350 g/mol. The summed E-state index contributed by atoms with van der Waals surface area (Å²) in [6, 6.07) is 4.62. The number of carbonyl (C=O) groups excluding carboxylic acids is 2. The second kappa shape index (κ2) is 7.63. The van der Waals surface area contributed by atoms with Crippen molar-refractivity contribution >= 4 is 27.8 Å². The molecule has 2 atom stereocenters. The Morgan fingerprint density at radius 2 is 2.09 bits per heavy atom. The summed E-state index contributed by atoms with van der Waals surface area (Å²) in [6.45, 7) is 1.78. The normalized spacial score (nSPS) is 21.2. The first kappa shape index (κ1) is 16.8. The molecule has 1 aromatic carbocycles. The maximum absolute atomic E-state index is 11.9. The molecule has 1 amide bonds. The Labute approximate surface area is 138 Å². The number of aromatic hydroxyl groups is 1. The second-order valence-electron chi connectivity index (χ2n) is 5.67. The first-order chi connectivity index (χ1) is 10.5. The van der Waals surface area contributed by atoms with Gasteiger partial charge in [-0.2, -0.15) is 0 Å².